The second kappa shape index (κ2) is 7.71. The van der Waals surface area contributed by atoms with E-state index in [1.165, 1.54) is 0 Å². The minimum absolute atomic E-state index is 0.00821. The highest BCUT2D eigenvalue weighted by molar-refractivity contribution is 6.02. The Morgan fingerprint density at radius 2 is 1.68 bits per heavy atom. The Morgan fingerprint density at radius 3 is 2.48 bits per heavy atom. The predicted octanol–water partition coefficient (Wildman–Crippen LogP) is 4.43. The van der Waals surface area contributed by atoms with Crippen molar-refractivity contribution in [2.75, 3.05) is 19.5 Å². The monoisotopic (exact) mass is 335 g/mol. The lowest BCUT2D eigenvalue weighted by Crippen LogP contribution is -2.12. The van der Waals surface area contributed by atoms with Crippen molar-refractivity contribution in [1.29, 1.82) is 0 Å². The van der Waals surface area contributed by atoms with Crippen molar-refractivity contribution in [3.63, 3.8) is 0 Å². The van der Waals surface area contributed by atoms with Gasteiger partial charge in [0.2, 0.25) is 5.91 Å². The lowest BCUT2D eigenvalue weighted by molar-refractivity contribution is -0.116. The quantitative estimate of drug-likeness (QED) is 0.725. The molecule has 3 rings (SSSR count). The molecule has 4 heteroatoms. The highest BCUT2D eigenvalue weighted by Crippen LogP contribution is 2.28. The number of anilines is 1. The number of carbonyl (C=O) groups is 1. The molecule has 128 valence electrons. The van der Waals surface area contributed by atoms with Gasteiger partial charge in [-0.25, -0.2) is 0 Å². The van der Waals surface area contributed by atoms with Gasteiger partial charge in [-0.05, 0) is 35.6 Å². The second-order valence-corrected chi connectivity index (χ2v) is 5.76. The van der Waals surface area contributed by atoms with Crippen LogP contribution in [0, 0.1) is 0 Å². The molecule has 3 aromatic carbocycles. The van der Waals surface area contributed by atoms with E-state index in [1.807, 2.05) is 60.7 Å². The number of carbonyl (C=O) groups excluding carboxylic acids is 1. The summed E-state index contributed by atoms with van der Waals surface area (Å²) in [6.07, 6.45) is 1.04. The first-order valence-electron chi connectivity index (χ1n) is 8.20. The molecule has 0 fully saturated rings. The van der Waals surface area contributed by atoms with E-state index < -0.39 is 0 Å². The Balaban J connectivity index is 1.67. The van der Waals surface area contributed by atoms with Gasteiger partial charge in [-0.1, -0.05) is 42.5 Å². The van der Waals surface area contributed by atoms with Gasteiger partial charge in [0.25, 0.3) is 0 Å². The average molecular weight is 335 g/mol. The molecule has 0 aliphatic heterocycles. The molecule has 0 unspecified atom stereocenters. The fourth-order valence-electron chi connectivity index (χ4n) is 2.84. The Bertz CT molecular complexity index is 884. The van der Waals surface area contributed by atoms with Gasteiger partial charge in [0, 0.05) is 17.5 Å². The van der Waals surface area contributed by atoms with Crippen LogP contribution >= 0.6 is 0 Å². The number of hydrogen-bond acceptors (Lipinski definition) is 3. The standard InChI is InChI=1S/C21H21NO3/c1-24-19-12-10-15(14-20(19)25-2)11-13-21(23)22-18-9-5-7-16-6-3-4-8-17(16)18/h3-10,12,14H,11,13H2,1-2H3,(H,22,23). The molecule has 4 nitrogen and oxygen atoms in total. The number of ether oxygens (including phenoxy) is 2. The van der Waals surface area contributed by atoms with Gasteiger partial charge >= 0.3 is 0 Å². The van der Waals surface area contributed by atoms with E-state index in [0.717, 1.165) is 22.0 Å². The summed E-state index contributed by atoms with van der Waals surface area (Å²) < 4.78 is 10.5. The minimum Gasteiger partial charge on any atom is -0.493 e. The van der Waals surface area contributed by atoms with Crippen LogP contribution in [-0.4, -0.2) is 20.1 Å². The van der Waals surface area contributed by atoms with E-state index in [0.29, 0.717) is 24.3 Å². The zero-order valence-corrected chi connectivity index (χ0v) is 14.4. The smallest absolute Gasteiger partial charge is 0.224 e. The summed E-state index contributed by atoms with van der Waals surface area (Å²) in [4.78, 5) is 12.3. The molecule has 1 amide bonds. The maximum atomic E-state index is 12.3. The SMILES string of the molecule is COc1ccc(CCC(=O)Nc2cccc3ccccc23)cc1OC. The molecule has 25 heavy (non-hydrogen) atoms. The summed E-state index contributed by atoms with van der Waals surface area (Å²) in [5.74, 6) is 1.35. The van der Waals surface area contributed by atoms with Gasteiger partial charge < -0.3 is 14.8 Å². The summed E-state index contributed by atoms with van der Waals surface area (Å²) in [6, 6.07) is 19.6. The Hall–Kier alpha value is -3.01. The van der Waals surface area contributed by atoms with Crippen LogP contribution < -0.4 is 14.8 Å². The number of aryl methyl sites for hydroxylation is 1. The zero-order chi connectivity index (χ0) is 17.6. The molecule has 0 saturated carbocycles. The second-order valence-electron chi connectivity index (χ2n) is 5.76. The van der Waals surface area contributed by atoms with Crippen molar-refractivity contribution in [2.24, 2.45) is 0 Å². The van der Waals surface area contributed by atoms with Crippen molar-refractivity contribution in [1.82, 2.24) is 0 Å². The molecule has 0 aliphatic rings. The van der Waals surface area contributed by atoms with Crippen LogP contribution in [0.15, 0.2) is 60.7 Å². The van der Waals surface area contributed by atoms with E-state index >= 15 is 0 Å². The molecular formula is C21H21NO3. The molecule has 0 saturated heterocycles. The molecular weight excluding hydrogens is 314 g/mol. The normalized spacial score (nSPS) is 10.5. The first-order valence-corrected chi connectivity index (χ1v) is 8.20. The third-order valence-corrected chi connectivity index (χ3v) is 4.15. The summed E-state index contributed by atoms with van der Waals surface area (Å²) in [5.41, 5.74) is 1.88. The van der Waals surface area contributed by atoms with E-state index in [9.17, 15) is 4.79 Å². The molecule has 0 atom stereocenters. The number of rotatable bonds is 6. The first kappa shape index (κ1) is 16.8. The number of amides is 1. The van der Waals surface area contributed by atoms with Crippen molar-refractivity contribution >= 4 is 22.4 Å². The highest BCUT2D eigenvalue weighted by Gasteiger charge is 2.08. The number of benzene rings is 3. The lowest BCUT2D eigenvalue weighted by Gasteiger charge is -2.11. The van der Waals surface area contributed by atoms with Gasteiger partial charge in [0.1, 0.15) is 0 Å². The Morgan fingerprint density at radius 1 is 0.920 bits per heavy atom. The van der Waals surface area contributed by atoms with Gasteiger partial charge in [-0.15, -0.1) is 0 Å². The Labute approximate surface area is 147 Å². The van der Waals surface area contributed by atoms with Crippen molar-refractivity contribution < 1.29 is 14.3 Å². The number of fused-ring (bicyclic) bond motifs is 1. The number of nitrogens with one attached hydrogen (secondary N) is 1. The lowest BCUT2D eigenvalue weighted by atomic mass is 10.1. The maximum Gasteiger partial charge on any atom is 0.224 e. The van der Waals surface area contributed by atoms with Crippen molar-refractivity contribution in [2.45, 2.75) is 12.8 Å². The molecule has 0 heterocycles. The first-order chi connectivity index (χ1) is 12.2. The summed E-state index contributed by atoms with van der Waals surface area (Å²) >= 11 is 0. The zero-order valence-electron chi connectivity index (χ0n) is 14.4. The molecule has 0 aromatic heterocycles. The topological polar surface area (TPSA) is 47.6 Å². The van der Waals surface area contributed by atoms with E-state index in [2.05, 4.69) is 5.32 Å². The van der Waals surface area contributed by atoms with Crippen molar-refractivity contribution in [3.05, 3.63) is 66.2 Å². The highest BCUT2D eigenvalue weighted by atomic mass is 16.5. The van der Waals surface area contributed by atoms with Crippen LogP contribution in [0.4, 0.5) is 5.69 Å². The third kappa shape index (κ3) is 3.91. The van der Waals surface area contributed by atoms with Crippen LogP contribution in [0.3, 0.4) is 0 Å². The fraction of sp³-hybridized carbons (Fsp3) is 0.190. The third-order valence-electron chi connectivity index (χ3n) is 4.15. The molecule has 3 aromatic rings. The molecule has 0 bridgehead atoms. The van der Waals surface area contributed by atoms with Crippen LogP contribution in [0.1, 0.15) is 12.0 Å². The van der Waals surface area contributed by atoms with E-state index in [4.69, 9.17) is 9.47 Å². The largest absolute Gasteiger partial charge is 0.493 e. The van der Waals surface area contributed by atoms with E-state index in [-0.39, 0.29) is 5.91 Å². The van der Waals surface area contributed by atoms with Gasteiger partial charge in [0.15, 0.2) is 11.5 Å². The molecule has 0 spiro atoms. The van der Waals surface area contributed by atoms with Crippen molar-refractivity contribution in [3.8, 4) is 11.5 Å². The Kier molecular flexibility index (Phi) is 5.19. The summed E-state index contributed by atoms with van der Waals surface area (Å²) in [5, 5.41) is 5.17. The summed E-state index contributed by atoms with van der Waals surface area (Å²) in [7, 11) is 3.21. The number of methoxy groups -OCH3 is 2. The predicted molar refractivity (Wildman–Crippen MR) is 100 cm³/mol. The summed E-state index contributed by atoms with van der Waals surface area (Å²) in [6.45, 7) is 0. The minimum atomic E-state index is -0.00821. The van der Waals surface area contributed by atoms with Crippen LogP contribution in [0.2, 0.25) is 0 Å². The van der Waals surface area contributed by atoms with Gasteiger partial charge in [-0.3, -0.25) is 4.79 Å². The van der Waals surface area contributed by atoms with Crippen LogP contribution in [-0.2, 0) is 11.2 Å². The average Bonchev–Trinajstić information content (AvgIpc) is 2.66. The van der Waals surface area contributed by atoms with Gasteiger partial charge in [0.05, 0.1) is 14.2 Å². The molecule has 1 N–H and O–H groups in total. The van der Waals surface area contributed by atoms with Gasteiger partial charge in [-0.2, -0.15) is 0 Å². The molecule has 0 aliphatic carbocycles. The number of hydrogen-bond donors (Lipinski definition) is 1. The van der Waals surface area contributed by atoms with Crippen LogP contribution in [0.25, 0.3) is 10.8 Å². The molecule has 0 radical (unpaired) electrons. The van der Waals surface area contributed by atoms with E-state index in [1.54, 1.807) is 14.2 Å². The fourth-order valence-corrected chi connectivity index (χ4v) is 2.84. The maximum absolute atomic E-state index is 12.3. The van der Waals surface area contributed by atoms with Crippen LogP contribution in [0.5, 0.6) is 11.5 Å².